The lowest BCUT2D eigenvalue weighted by molar-refractivity contribution is 0.339. The summed E-state index contributed by atoms with van der Waals surface area (Å²) in [6.45, 7) is 2.31. The van der Waals surface area contributed by atoms with Gasteiger partial charge in [0.2, 0.25) is 0 Å². The number of nitrogens with two attached hydrogens (primary N) is 1. The van der Waals surface area contributed by atoms with Crippen LogP contribution in [0.25, 0.3) is 0 Å². The molecule has 0 fully saturated rings. The Morgan fingerprint density at radius 2 is 1.95 bits per heavy atom. The molecule has 0 aliphatic rings. The molecular formula is C15H16BrNO3S. The van der Waals surface area contributed by atoms with Crippen LogP contribution >= 0.6 is 15.9 Å². The minimum absolute atomic E-state index is 0.105. The number of halogens is 1. The van der Waals surface area contributed by atoms with Gasteiger partial charge in [-0.15, -0.1) is 0 Å². The maximum absolute atomic E-state index is 12.5. The number of hydrogen-bond acceptors (Lipinski definition) is 4. The molecule has 0 bridgehead atoms. The fraction of sp³-hybridized carbons (Fsp3) is 0.200. The van der Waals surface area contributed by atoms with Crippen LogP contribution in [-0.2, 0) is 15.6 Å². The maximum atomic E-state index is 12.5. The van der Waals surface area contributed by atoms with Gasteiger partial charge in [0.15, 0.2) is 9.84 Å². The topological polar surface area (TPSA) is 69.4 Å². The number of anilines is 1. The third-order valence-corrected chi connectivity index (χ3v) is 5.11. The summed E-state index contributed by atoms with van der Waals surface area (Å²) in [5.74, 6) is 0.395. The van der Waals surface area contributed by atoms with Gasteiger partial charge in [-0.3, -0.25) is 0 Å². The molecule has 0 radical (unpaired) electrons. The third-order valence-electron chi connectivity index (χ3n) is 2.88. The highest BCUT2D eigenvalue weighted by molar-refractivity contribution is 9.10. The van der Waals surface area contributed by atoms with E-state index >= 15 is 0 Å². The lowest BCUT2D eigenvalue weighted by Crippen LogP contribution is -2.08. The van der Waals surface area contributed by atoms with Crippen LogP contribution in [0.5, 0.6) is 5.75 Å². The van der Waals surface area contributed by atoms with Gasteiger partial charge in [0.1, 0.15) is 5.75 Å². The van der Waals surface area contributed by atoms with Crippen LogP contribution in [-0.4, -0.2) is 15.0 Å². The van der Waals surface area contributed by atoms with Gasteiger partial charge in [0, 0.05) is 10.5 Å². The van der Waals surface area contributed by atoms with E-state index in [4.69, 9.17) is 10.5 Å². The molecule has 0 unspecified atom stereocenters. The second kappa shape index (κ2) is 6.49. The molecule has 4 nitrogen and oxygen atoms in total. The van der Waals surface area contributed by atoms with E-state index in [0.29, 0.717) is 17.9 Å². The van der Waals surface area contributed by atoms with E-state index in [-0.39, 0.29) is 16.3 Å². The summed E-state index contributed by atoms with van der Waals surface area (Å²) in [6.07, 6.45) is 0. The average molecular weight is 370 g/mol. The number of ether oxygens (including phenoxy) is 1. The minimum Gasteiger partial charge on any atom is -0.494 e. The Bertz CT molecular complexity index is 744. The highest BCUT2D eigenvalue weighted by atomic mass is 79.9. The normalized spacial score (nSPS) is 11.3. The fourth-order valence-electron chi connectivity index (χ4n) is 1.96. The molecule has 0 amide bonds. The smallest absolute Gasteiger partial charge is 0.184 e. The van der Waals surface area contributed by atoms with Crippen molar-refractivity contribution in [1.82, 2.24) is 0 Å². The molecule has 0 atom stereocenters. The summed E-state index contributed by atoms with van der Waals surface area (Å²) >= 11 is 3.33. The number of nitrogen functional groups attached to an aromatic ring is 1. The largest absolute Gasteiger partial charge is 0.494 e. The maximum Gasteiger partial charge on any atom is 0.184 e. The highest BCUT2D eigenvalue weighted by Crippen LogP contribution is 2.27. The average Bonchev–Trinajstić information content (AvgIpc) is 2.40. The van der Waals surface area contributed by atoms with Gasteiger partial charge in [-0.1, -0.05) is 28.1 Å². The van der Waals surface area contributed by atoms with Crippen molar-refractivity contribution < 1.29 is 13.2 Å². The summed E-state index contributed by atoms with van der Waals surface area (Å²) in [5.41, 5.74) is 6.74. The zero-order valence-corrected chi connectivity index (χ0v) is 13.9. The van der Waals surface area contributed by atoms with Crippen LogP contribution in [0.4, 0.5) is 5.69 Å². The van der Waals surface area contributed by atoms with Gasteiger partial charge in [0.05, 0.1) is 22.9 Å². The molecule has 0 saturated heterocycles. The van der Waals surface area contributed by atoms with E-state index in [2.05, 4.69) is 15.9 Å². The summed E-state index contributed by atoms with van der Waals surface area (Å²) in [5, 5.41) is 0. The summed E-state index contributed by atoms with van der Waals surface area (Å²) < 4.78 is 31.3. The number of sulfone groups is 1. The third kappa shape index (κ3) is 3.98. The zero-order chi connectivity index (χ0) is 15.5. The van der Waals surface area contributed by atoms with E-state index in [1.165, 1.54) is 6.07 Å². The van der Waals surface area contributed by atoms with Gasteiger partial charge >= 0.3 is 0 Å². The Morgan fingerprint density at radius 1 is 1.19 bits per heavy atom. The number of hydrogen-bond donors (Lipinski definition) is 1. The van der Waals surface area contributed by atoms with Crippen molar-refractivity contribution in [2.45, 2.75) is 17.6 Å². The Kier molecular flexibility index (Phi) is 4.90. The van der Waals surface area contributed by atoms with Gasteiger partial charge in [0.25, 0.3) is 0 Å². The molecule has 0 aliphatic carbocycles. The van der Waals surface area contributed by atoms with E-state index < -0.39 is 9.84 Å². The first-order chi connectivity index (χ1) is 9.92. The molecule has 0 aliphatic heterocycles. The molecule has 0 aromatic heterocycles. The SMILES string of the molecule is CCOc1ccc(N)c(S(=O)(=O)Cc2cccc(Br)c2)c1. The van der Waals surface area contributed by atoms with E-state index in [9.17, 15) is 8.42 Å². The Labute approximate surface area is 133 Å². The molecule has 112 valence electrons. The second-order valence-electron chi connectivity index (χ2n) is 4.52. The Balaban J connectivity index is 2.37. The van der Waals surface area contributed by atoms with Gasteiger partial charge in [-0.2, -0.15) is 0 Å². The van der Waals surface area contributed by atoms with Crippen molar-refractivity contribution in [2.75, 3.05) is 12.3 Å². The zero-order valence-electron chi connectivity index (χ0n) is 11.5. The first-order valence-electron chi connectivity index (χ1n) is 6.42. The summed E-state index contributed by atoms with van der Waals surface area (Å²) in [7, 11) is -3.53. The first kappa shape index (κ1) is 15.9. The van der Waals surface area contributed by atoms with Crippen molar-refractivity contribution in [3.63, 3.8) is 0 Å². The van der Waals surface area contributed by atoms with E-state index in [1.807, 2.05) is 13.0 Å². The number of rotatable bonds is 5. The van der Waals surface area contributed by atoms with E-state index in [1.54, 1.807) is 30.3 Å². The second-order valence-corrected chi connectivity index (χ2v) is 7.40. The van der Waals surface area contributed by atoms with Gasteiger partial charge in [-0.05, 0) is 36.8 Å². The molecule has 0 spiro atoms. The quantitative estimate of drug-likeness (QED) is 0.819. The standard InChI is InChI=1S/C15H16BrNO3S/c1-2-20-13-6-7-14(17)15(9-13)21(18,19)10-11-4-3-5-12(16)8-11/h3-9H,2,10,17H2,1H3. The molecule has 2 N–H and O–H groups in total. The van der Waals surface area contributed by atoms with Crippen molar-refractivity contribution in [3.8, 4) is 5.75 Å². The van der Waals surface area contributed by atoms with Crippen LogP contribution in [0.1, 0.15) is 12.5 Å². The van der Waals surface area contributed by atoms with E-state index in [0.717, 1.165) is 4.47 Å². The highest BCUT2D eigenvalue weighted by Gasteiger charge is 2.19. The molecule has 2 rings (SSSR count). The predicted molar refractivity (Wildman–Crippen MR) is 87.1 cm³/mol. The van der Waals surface area contributed by atoms with Gasteiger partial charge in [-0.25, -0.2) is 8.42 Å². The number of benzene rings is 2. The summed E-state index contributed by atoms with van der Waals surface area (Å²) in [6, 6.07) is 11.9. The first-order valence-corrected chi connectivity index (χ1v) is 8.86. The molecular weight excluding hydrogens is 354 g/mol. The molecule has 0 saturated carbocycles. The molecule has 2 aromatic carbocycles. The predicted octanol–water partition coefficient (Wildman–Crippen LogP) is 3.40. The Morgan fingerprint density at radius 3 is 2.62 bits per heavy atom. The minimum atomic E-state index is -3.53. The van der Waals surface area contributed by atoms with Gasteiger partial charge < -0.3 is 10.5 Å². The summed E-state index contributed by atoms with van der Waals surface area (Å²) in [4.78, 5) is 0.105. The van der Waals surface area contributed by atoms with Crippen molar-refractivity contribution in [2.24, 2.45) is 0 Å². The van der Waals surface area contributed by atoms with Crippen LogP contribution < -0.4 is 10.5 Å². The van der Waals surface area contributed by atoms with Crippen LogP contribution in [0.2, 0.25) is 0 Å². The Hall–Kier alpha value is -1.53. The van der Waals surface area contributed by atoms with Crippen LogP contribution in [0, 0.1) is 0 Å². The van der Waals surface area contributed by atoms with Crippen molar-refractivity contribution >= 4 is 31.5 Å². The molecule has 21 heavy (non-hydrogen) atoms. The monoisotopic (exact) mass is 369 g/mol. The van der Waals surface area contributed by atoms with Crippen LogP contribution in [0.15, 0.2) is 51.8 Å². The van der Waals surface area contributed by atoms with Crippen LogP contribution in [0.3, 0.4) is 0 Å². The van der Waals surface area contributed by atoms with Crippen molar-refractivity contribution in [1.29, 1.82) is 0 Å². The fourth-order valence-corrected chi connectivity index (χ4v) is 3.91. The lowest BCUT2D eigenvalue weighted by Gasteiger charge is -2.10. The molecule has 6 heteroatoms. The lowest BCUT2D eigenvalue weighted by atomic mass is 10.2. The molecule has 0 heterocycles. The molecule has 2 aromatic rings. The van der Waals surface area contributed by atoms with Crippen molar-refractivity contribution in [3.05, 3.63) is 52.5 Å².